The van der Waals surface area contributed by atoms with E-state index in [1.807, 2.05) is 53.2 Å². The Labute approximate surface area is 176 Å². The molecule has 29 heavy (non-hydrogen) atoms. The third-order valence-electron chi connectivity index (χ3n) is 5.73. The molecule has 1 aliphatic carbocycles. The number of nitrogens with one attached hydrogen (secondary N) is 1. The van der Waals surface area contributed by atoms with Gasteiger partial charge in [-0.1, -0.05) is 49.1 Å². The number of benzene rings is 1. The summed E-state index contributed by atoms with van der Waals surface area (Å²) in [6, 6.07) is 11.8. The maximum absolute atomic E-state index is 13.0. The summed E-state index contributed by atoms with van der Waals surface area (Å²) in [6.45, 7) is 0. The predicted octanol–water partition coefficient (Wildman–Crippen LogP) is 4.97. The molecule has 2 heterocycles. The van der Waals surface area contributed by atoms with Crippen LogP contribution in [0.5, 0.6) is 5.75 Å². The van der Waals surface area contributed by atoms with E-state index in [-0.39, 0.29) is 17.9 Å². The smallest absolute Gasteiger partial charge is 0.221 e. The first kappa shape index (κ1) is 19.8. The predicted molar refractivity (Wildman–Crippen MR) is 115 cm³/mol. The molecule has 1 aromatic carbocycles. The SMILES string of the molecule is COc1ccccc1C(CC(=O)NC1CCCCC1)c1cnc2ccc(Cl)cn12. The van der Waals surface area contributed by atoms with Gasteiger partial charge >= 0.3 is 0 Å². The minimum absolute atomic E-state index is 0.0600. The quantitative estimate of drug-likeness (QED) is 0.623. The third-order valence-corrected chi connectivity index (χ3v) is 5.95. The fourth-order valence-electron chi connectivity index (χ4n) is 4.28. The largest absolute Gasteiger partial charge is 0.496 e. The second kappa shape index (κ2) is 8.87. The van der Waals surface area contributed by atoms with E-state index in [9.17, 15) is 4.79 Å². The summed E-state index contributed by atoms with van der Waals surface area (Å²) >= 11 is 6.24. The number of ether oxygens (including phenoxy) is 1. The maximum Gasteiger partial charge on any atom is 0.221 e. The fraction of sp³-hybridized carbons (Fsp3) is 0.391. The van der Waals surface area contributed by atoms with Crippen LogP contribution in [0.4, 0.5) is 0 Å². The van der Waals surface area contributed by atoms with E-state index in [1.165, 1.54) is 19.3 Å². The summed E-state index contributed by atoms with van der Waals surface area (Å²) in [5, 5.41) is 3.87. The lowest BCUT2D eigenvalue weighted by molar-refractivity contribution is -0.122. The molecular formula is C23H26ClN3O2. The lowest BCUT2D eigenvalue weighted by Crippen LogP contribution is -2.37. The second-order valence-corrected chi connectivity index (χ2v) is 8.10. The van der Waals surface area contributed by atoms with E-state index < -0.39 is 0 Å². The highest BCUT2D eigenvalue weighted by molar-refractivity contribution is 6.30. The van der Waals surface area contributed by atoms with E-state index in [2.05, 4.69) is 10.3 Å². The van der Waals surface area contributed by atoms with Crippen LogP contribution in [0.15, 0.2) is 48.8 Å². The van der Waals surface area contributed by atoms with Gasteiger partial charge in [-0.3, -0.25) is 4.79 Å². The van der Waals surface area contributed by atoms with Crippen LogP contribution < -0.4 is 10.1 Å². The molecule has 5 nitrogen and oxygen atoms in total. The summed E-state index contributed by atoms with van der Waals surface area (Å²) in [5.41, 5.74) is 2.69. The number of methoxy groups -OCH3 is 1. The molecule has 1 saturated carbocycles. The number of halogens is 1. The van der Waals surface area contributed by atoms with Crippen molar-refractivity contribution in [3.63, 3.8) is 0 Å². The molecular weight excluding hydrogens is 386 g/mol. The zero-order valence-electron chi connectivity index (χ0n) is 16.6. The summed E-state index contributed by atoms with van der Waals surface area (Å²) in [7, 11) is 1.66. The zero-order chi connectivity index (χ0) is 20.2. The van der Waals surface area contributed by atoms with Gasteiger partial charge in [0, 0.05) is 36.3 Å². The van der Waals surface area contributed by atoms with Gasteiger partial charge in [-0.05, 0) is 31.0 Å². The molecule has 1 aliphatic rings. The van der Waals surface area contributed by atoms with E-state index in [1.54, 1.807) is 7.11 Å². The van der Waals surface area contributed by atoms with Gasteiger partial charge in [0.15, 0.2) is 0 Å². The van der Waals surface area contributed by atoms with Crippen LogP contribution in [0.3, 0.4) is 0 Å². The Balaban J connectivity index is 1.69. The summed E-state index contributed by atoms with van der Waals surface area (Å²) in [5.74, 6) is 0.632. The van der Waals surface area contributed by atoms with Crippen LogP contribution in [-0.2, 0) is 4.79 Å². The van der Waals surface area contributed by atoms with Gasteiger partial charge in [0.05, 0.1) is 17.8 Å². The van der Waals surface area contributed by atoms with E-state index in [0.29, 0.717) is 11.4 Å². The average molecular weight is 412 g/mol. The average Bonchev–Trinajstić information content (AvgIpc) is 3.15. The highest BCUT2D eigenvalue weighted by Gasteiger charge is 2.26. The van der Waals surface area contributed by atoms with Gasteiger partial charge in [0.1, 0.15) is 11.4 Å². The van der Waals surface area contributed by atoms with E-state index in [0.717, 1.165) is 35.5 Å². The normalized spacial score (nSPS) is 15.9. The van der Waals surface area contributed by atoms with Crippen molar-refractivity contribution in [3.8, 4) is 5.75 Å². The first-order valence-electron chi connectivity index (χ1n) is 10.2. The number of hydrogen-bond acceptors (Lipinski definition) is 3. The Morgan fingerprint density at radius 3 is 2.83 bits per heavy atom. The number of nitrogens with zero attached hydrogens (tertiary/aromatic N) is 2. The van der Waals surface area contributed by atoms with Gasteiger partial charge in [0.25, 0.3) is 0 Å². The van der Waals surface area contributed by atoms with Crippen LogP contribution in [0.1, 0.15) is 55.7 Å². The van der Waals surface area contributed by atoms with E-state index in [4.69, 9.17) is 16.3 Å². The van der Waals surface area contributed by atoms with Gasteiger partial charge in [0.2, 0.25) is 5.91 Å². The maximum atomic E-state index is 13.0. The number of para-hydroxylation sites is 1. The highest BCUT2D eigenvalue weighted by atomic mass is 35.5. The van der Waals surface area contributed by atoms with Crippen LogP contribution in [0.2, 0.25) is 5.02 Å². The summed E-state index contributed by atoms with van der Waals surface area (Å²) in [4.78, 5) is 17.5. The van der Waals surface area contributed by atoms with Crippen LogP contribution >= 0.6 is 11.6 Å². The van der Waals surface area contributed by atoms with Crippen molar-refractivity contribution in [2.24, 2.45) is 0 Å². The van der Waals surface area contributed by atoms with Crippen LogP contribution in [-0.4, -0.2) is 28.4 Å². The van der Waals surface area contributed by atoms with Crippen molar-refractivity contribution in [2.75, 3.05) is 7.11 Å². The Morgan fingerprint density at radius 2 is 2.03 bits per heavy atom. The second-order valence-electron chi connectivity index (χ2n) is 7.66. The molecule has 0 bridgehead atoms. The van der Waals surface area contributed by atoms with Gasteiger partial charge in [-0.2, -0.15) is 0 Å². The van der Waals surface area contributed by atoms with Crippen molar-refractivity contribution in [1.29, 1.82) is 0 Å². The molecule has 0 aliphatic heterocycles. The van der Waals surface area contributed by atoms with Gasteiger partial charge in [-0.15, -0.1) is 0 Å². The molecule has 1 fully saturated rings. The van der Waals surface area contributed by atoms with Crippen molar-refractivity contribution < 1.29 is 9.53 Å². The summed E-state index contributed by atoms with van der Waals surface area (Å²) < 4.78 is 7.57. The Bertz CT molecular complexity index is 995. The molecule has 4 rings (SSSR count). The number of imidazole rings is 1. The molecule has 3 aromatic rings. The molecule has 0 saturated heterocycles. The number of amides is 1. The summed E-state index contributed by atoms with van der Waals surface area (Å²) in [6.07, 6.45) is 9.78. The fourth-order valence-corrected chi connectivity index (χ4v) is 4.44. The molecule has 2 aromatic heterocycles. The van der Waals surface area contributed by atoms with Crippen LogP contribution in [0.25, 0.3) is 5.65 Å². The van der Waals surface area contributed by atoms with Crippen molar-refractivity contribution in [3.05, 3.63) is 65.1 Å². The molecule has 0 spiro atoms. The zero-order valence-corrected chi connectivity index (χ0v) is 17.4. The molecule has 152 valence electrons. The first-order chi connectivity index (χ1) is 14.2. The van der Waals surface area contributed by atoms with Crippen molar-refractivity contribution in [2.45, 2.75) is 50.5 Å². The molecule has 1 N–H and O–H groups in total. The lowest BCUT2D eigenvalue weighted by Gasteiger charge is -2.25. The standard InChI is InChI=1S/C23H26ClN3O2/c1-29-21-10-6-5-9-18(21)19(13-23(28)26-17-7-3-2-4-8-17)20-14-25-22-12-11-16(24)15-27(20)22/h5-6,9-12,14-15,17,19H,2-4,7-8,13H2,1H3,(H,26,28). The number of hydrogen-bond donors (Lipinski definition) is 1. The molecule has 1 unspecified atom stereocenters. The molecule has 1 amide bonds. The third kappa shape index (κ3) is 4.40. The van der Waals surface area contributed by atoms with E-state index >= 15 is 0 Å². The number of carbonyl (C=O) groups excluding carboxylic acids is 1. The van der Waals surface area contributed by atoms with Gasteiger partial charge in [-0.25, -0.2) is 4.98 Å². The number of aromatic nitrogens is 2. The molecule has 6 heteroatoms. The minimum atomic E-state index is -0.191. The van der Waals surface area contributed by atoms with Crippen molar-refractivity contribution in [1.82, 2.24) is 14.7 Å². The Kier molecular flexibility index (Phi) is 6.05. The number of carbonyl (C=O) groups is 1. The van der Waals surface area contributed by atoms with Crippen molar-refractivity contribution >= 4 is 23.2 Å². The number of fused-ring (bicyclic) bond motifs is 1. The van der Waals surface area contributed by atoms with Crippen LogP contribution in [0, 0.1) is 0 Å². The topological polar surface area (TPSA) is 55.6 Å². The number of rotatable bonds is 6. The Morgan fingerprint density at radius 1 is 1.24 bits per heavy atom. The Hall–Kier alpha value is -2.53. The first-order valence-corrected chi connectivity index (χ1v) is 10.6. The number of pyridine rings is 1. The highest BCUT2D eigenvalue weighted by Crippen LogP contribution is 2.35. The van der Waals surface area contributed by atoms with Gasteiger partial charge < -0.3 is 14.5 Å². The molecule has 1 atom stereocenters. The lowest BCUT2D eigenvalue weighted by atomic mass is 9.90. The monoisotopic (exact) mass is 411 g/mol. The molecule has 0 radical (unpaired) electrons. The minimum Gasteiger partial charge on any atom is -0.496 e.